The average molecular weight is 415 g/mol. The standard InChI is InChI=1S/C22H23ClN2O2S/c1-4-27-19-7-5-6-16(12-19)13-20-21(26)25(14-15(2)3)22(28-20)24-18-10-8-17(23)9-11-18/h5-13,15H,4,14H2,1-3H3/b20-13+,24-22?. The normalized spacial score (nSPS) is 17.2. The Bertz CT molecular complexity index is 907. The van der Waals surface area contributed by atoms with Crippen molar-refractivity contribution in [2.45, 2.75) is 20.8 Å². The fourth-order valence-corrected chi connectivity index (χ4v) is 3.89. The van der Waals surface area contributed by atoms with Gasteiger partial charge in [0.25, 0.3) is 5.91 Å². The molecule has 0 bridgehead atoms. The molecule has 2 aromatic carbocycles. The van der Waals surface area contributed by atoms with Crippen molar-refractivity contribution < 1.29 is 9.53 Å². The maximum Gasteiger partial charge on any atom is 0.266 e. The van der Waals surface area contributed by atoms with Crippen molar-refractivity contribution in [2.24, 2.45) is 10.9 Å². The van der Waals surface area contributed by atoms with Crippen molar-refractivity contribution in [3.8, 4) is 5.75 Å². The Morgan fingerprint density at radius 2 is 1.96 bits per heavy atom. The van der Waals surface area contributed by atoms with Crippen molar-refractivity contribution in [2.75, 3.05) is 13.2 Å². The highest BCUT2D eigenvalue weighted by molar-refractivity contribution is 8.18. The van der Waals surface area contributed by atoms with Crippen LogP contribution in [0, 0.1) is 5.92 Å². The third-order valence-electron chi connectivity index (χ3n) is 3.95. The molecule has 1 saturated heterocycles. The first-order chi connectivity index (χ1) is 13.5. The second-order valence-electron chi connectivity index (χ2n) is 6.80. The summed E-state index contributed by atoms with van der Waals surface area (Å²) in [6, 6.07) is 15.0. The number of ether oxygens (including phenoxy) is 1. The molecule has 1 fully saturated rings. The second-order valence-corrected chi connectivity index (χ2v) is 8.24. The minimum Gasteiger partial charge on any atom is -0.494 e. The molecule has 0 aliphatic carbocycles. The van der Waals surface area contributed by atoms with Gasteiger partial charge in [-0.3, -0.25) is 9.69 Å². The molecule has 6 heteroatoms. The number of aliphatic imine (C=N–C) groups is 1. The zero-order valence-corrected chi connectivity index (χ0v) is 17.8. The lowest BCUT2D eigenvalue weighted by molar-refractivity contribution is -0.122. The van der Waals surface area contributed by atoms with E-state index in [0.29, 0.717) is 34.2 Å². The summed E-state index contributed by atoms with van der Waals surface area (Å²) >= 11 is 7.36. The lowest BCUT2D eigenvalue weighted by Gasteiger charge is -2.17. The summed E-state index contributed by atoms with van der Waals surface area (Å²) in [5.41, 5.74) is 1.70. The van der Waals surface area contributed by atoms with E-state index >= 15 is 0 Å². The van der Waals surface area contributed by atoms with Crippen molar-refractivity contribution in [1.82, 2.24) is 4.90 Å². The number of thioether (sulfide) groups is 1. The molecule has 0 spiro atoms. The van der Waals surface area contributed by atoms with Crippen LogP contribution in [0.5, 0.6) is 5.75 Å². The highest BCUT2D eigenvalue weighted by Gasteiger charge is 2.33. The van der Waals surface area contributed by atoms with Crippen LogP contribution in [-0.2, 0) is 4.79 Å². The molecule has 1 amide bonds. The smallest absolute Gasteiger partial charge is 0.266 e. The highest BCUT2D eigenvalue weighted by atomic mass is 35.5. The largest absolute Gasteiger partial charge is 0.494 e. The number of amides is 1. The minimum atomic E-state index is -0.0202. The van der Waals surface area contributed by atoms with E-state index in [1.165, 1.54) is 11.8 Å². The van der Waals surface area contributed by atoms with E-state index in [2.05, 4.69) is 18.8 Å². The molecule has 1 aliphatic rings. The van der Waals surface area contributed by atoms with Crippen LogP contribution in [-0.4, -0.2) is 29.1 Å². The number of carbonyl (C=O) groups excluding carboxylic acids is 1. The van der Waals surface area contributed by atoms with E-state index < -0.39 is 0 Å². The number of rotatable bonds is 6. The van der Waals surface area contributed by atoms with Gasteiger partial charge in [-0.15, -0.1) is 0 Å². The Hall–Kier alpha value is -2.24. The Morgan fingerprint density at radius 1 is 1.21 bits per heavy atom. The van der Waals surface area contributed by atoms with Crippen LogP contribution >= 0.6 is 23.4 Å². The molecule has 4 nitrogen and oxygen atoms in total. The van der Waals surface area contributed by atoms with Gasteiger partial charge in [0.15, 0.2) is 5.17 Å². The summed E-state index contributed by atoms with van der Waals surface area (Å²) < 4.78 is 5.56. The number of nitrogens with zero attached hydrogens (tertiary/aromatic N) is 2. The second kappa shape index (κ2) is 9.30. The van der Waals surface area contributed by atoms with Crippen LogP contribution < -0.4 is 4.74 Å². The van der Waals surface area contributed by atoms with E-state index in [-0.39, 0.29) is 5.91 Å². The summed E-state index contributed by atoms with van der Waals surface area (Å²) in [6.45, 7) is 7.35. The van der Waals surface area contributed by atoms with Crippen LogP contribution in [0.25, 0.3) is 6.08 Å². The molecule has 0 atom stereocenters. The molecular weight excluding hydrogens is 392 g/mol. The third-order valence-corrected chi connectivity index (χ3v) is 5.21. The van der Waals surface area contributed by atoms with Crippen molar-refractivity contribution in [3.63, 3.8) is 0 Å². The molecule has 2 aromatic rings. The third kappa shape index (κ3) is 5.18. The summed E-state index contributed by atoms with van der Waals surface area (Å²) in [7, 11) is 0. The first kappa shape index (κ1) is 20.5. The fraction of sp³-hybridized carbons (Fsp3) is 0.273. The molecule has 28 heavy (non-hydrogen) atoms. The molecule has 0 unspecified atom stereocenters. The Morgan fingerprint density at radius 3 is 2.64 bits per heavy atom. The zero-order chi connectivity index (χ0) is 20.1. The van der Waals surface area contributed by atoms with E-state index in [1.54, 1.807) is 17.0 Å². The molecule has 0 saturated carbocycles. The number of amidine groups is 1. The van der Waals surface area contributed by atoms with Gasteiger partial charge in [-0.05, 0) is 72.6 Å². The zero-order valence-electron chi connectivity index (χ0n) is 16.2. The van der Waals surface area contributed by atoms with Gasteiger partial charge in [0.1, 0.15) is 5.75 Å². The molecule has 0 radical (unpaired) electrons. The maximum absolute atomic E-state index is 13.0. The number of carbonyl (C=O) groups is 1. The Labute approximate surface area is 175 Å². The maximum atomic E-state index is 13.0. The minimum absolute atomic E-state index is 0.0202. The van der Waals surface area contributed by atoms with E-state index in [0.717, 1.165) is 17.0 Å². The number of hydrogen-bond donors (Lipinski definition) is 0. The van der Waals surface area contributed by atoms with Gasteiger partial charge < -0.3 is 4.74 Å². The van der Waals surface area contributed by atoms with E-state index in [1.807, 2.05) is 49.4 Å². The Kier molecular flexibility index (Phi) is 6.81. The highest BCUT2D eigenvalue weighted by Crippen LogP contribution is 2.35. The number of benzene rings is 2. The molecule has 1 aliphatic heterocycles. The molecule has 0 N–H and O–H groups in total. The van der Waals surface area contributed by atoms with Gasteiger partial charge in [0.2, 0.25) is 0 Å². The van der Waals surface area contributed by atoms with Gasteiger partial charge in [-0.25, -0.2) is 4.99 Å². The van der Waals surface area contributed by atoms with Crippen LogP contribution in [0.3, 0.4) is 0 Å². The van der Waals surface area contributed by atoms with Crippen LogP contribution in [0.2, 0.25) is 5.02 Å². The lowest BCUT2D eigenvalue weighted by atomic mass is 10.2. The van der Waals surface area contributed by atoms with Gasteiger partial charge in [-0.2, -0.15) is 0 Å². The molecule has 146 valence electrons. The SMILES string of the molecule is CCOc1cccc(/C=C2/SC(=Nc3ccc(Cl)cc3)N(CC(C)C)C2=O)c1. The van der Waals surface area contributed by atoms with Gasteiger partial charge in [0.05, 0.1) is 17.2 Å². The molecule has 3 rings (SSSR count). The number of halogens is 1. The van der Waals surface area contributed by atoms with Crippen LogP contribution in [0.4, 0.5) is 5.69 Å². The fourth-order valence-electron chi connectivity index (χ4n) is 2.76. The average Bonchev–Trinajstić information content (AvgIpc) is 2.92. The van der Waals surface area contributed by atoms with E-state index in [4.69, 9.17) is 16.3 Å². The molecule has 0 aromatic heterocycles. The van der Waals surface area contributed by atoms with Crippen molar-refractivity contribution in [3.05, 3.63) is 64.0 Å². The quantitative estimate of drug-likeness (QED) is 0.544. The molecular formula is C22H23ClN2O2S. The number of hydrogen-bond acceptors (Lipinski definition) is 4. The van der Waals surface area contributed by atoms with Gasteiger partial charge in [-0.1, -0.05) is 37.6 Å². The monoisotopic (exact) mass is 414 g/mol. The first-order valence-corrected chi connectivity index (χ1v) is 10.4. The Balaban J connectivity index is 1.92. The van der Waals surface area contributed by atoms with Gasteiger partial charge in [0, 0.05) is 11.6 Å². The summed E-state index contributed by atoms with van der Waals surface area (Å²) in [5.74, 6) is 1.11. The van der Waals surface area contributed by atoms with Gasteiger partial charge >= 0.3 is 0 Å². The lowest BCUT2D eigenvalue weighted by Crippen LogP contribution is -2.32. The van der Waals surface area contributed by atoms with E-state index in [9.17, 15) is 4.79 Å². The van der Waals surface area contributed by atoms with Crippen molar-refractivity contribution >= 4 is 46.2 Å². The predicted octanol–water partition coefficient (Wildman–Crippen LogP) is 6.00. The van der Waals surface area contributed by atoms with Crippen molar-refractivity contribution in [1.29, 1.82) is 0 Å². The summed E-state index contributed by atoms with van der Waals surface area (Å²) in [4.78, 5) is 20.1. The van der Waals surface area contributed by atoms with Crippen LogP contribution in [0.1, 0.15) is 26.3 Å². The summed E-state index contributed by atoms with van der Waals surface area (Å²) in [6.07, 6.45) is 1.90. The predicted molar refractivity (Wildman–Crippen MR) is 118 cm³/mol. The summed E-state index contributed by atoms with van der Waals surface area (Å²) in [5, 5.41) is 1.35. The topological polar surface area (TPSA) is 41.9 Å². The van der Waals surface area contributed by atoms with Crippen LogP contribution in [0.15, 0.2) is 58.4 Å². The molecule has 1 heterocycles. The first-order valence-electron chi connectivity index (χ1n) is 9.24.